The molecule has 0 amide bonds. The fourth-order valence-corrected chi connectivity index (χ4v) is 1.95. The molecular weight excluding hydrogens is 264 g/mol. The number of carboxylic acid groups (broad SMARTS) is 1. The first kappa shape index (κ1) is 14.1. The number of aromatic carboxylic acids is 1. The van der Waals surface area contributed by atoms with Gasteiger partial charge in [-0.1, -0.05) is 0 Å². The van der Waals surface area contributed by atoms with E-state index < -0.39 is 5.97 Å². The molecule has 20 heavy (non-hydrogen) atoms. The van der Waals surface area contributed by atoms with Gasteiger partial charge in [0, 0.05) is 18.2 Å². The fraction of sp³-hybridized carbons (Fsp3) is 0.286. The molecule has 0 unspecified atom stereocenters. The zero-order valence-electron chi connectivity index (χ0n) is 11.4. The summed E-state index contributed by atoms with van der Waals surface area (Å²) in [6, 6.07) is 3.19. The summed E-state index contributed by atoms with van der Waals surface area (Å²) in [5.41, 5.74) is 0.491. The molecule has 1 heterocycles. The number of carboxylic acids is 1. The number of rotatable bonds is 4. The maximum Gasteiger partial charge on any atom is 0.372 e. The highest BCUT2D eigenvalue weighted by Crippen LogP contribution is 2.27. The molecule has 0 aliphatic heterocycles. The van der Waals surface area contributed by atoms with Crippen LogP contribution in [-0.4, -0.2) is 25.0 Å². The average Bonchev–Trinajstić information content (AvgIpc) is 2.41. The van der Waals surface area contributed by atoms with Gasteiger partial charge in [-0.05, 0) is 26.0 Å². The molecule has 0 radical (unpaired) electrons. The summed E-state index contributed by atoms with van der Waals surface area (Å²) in [7, 11) is 1.49. The summed E-state index contributed by atoms with van der Waals surface area (Å²) in [6.07, 6.45) is 0. The van der Waals surface area contributed by atoms with Gasteiger partial charge in [-0.3, -0.25) is 4.79 Å². The molecule has 0 aliphatic rings. The number of methoxy groups -OCH3 is 1. The van der Waals surface area contributed by atoms with Crippen molar-refractivity contribution in [1.29, 1.82) is 0 Å². The number of benzene rings is 1. The van der Waals surface area contributed by atoms with Crippen molar-refractivity contribution in [2.75, 3.05) is 13.9 Å². The number of fused-ring (bicyclic) bond motifs is 1. The van der Waals surface area contributed by atoms with E-state index in [1.54, 1.807) is 19.1 Å². The van der Waals surface area contributed by atoms with Gasteiger partial charge in [0.15, 0.2) is 12.2 Å². The van der Waals surface area contributed by atoms with Crippen LogP contribution in [0.25, 0.3) is 11.0 Å². The lowest BCUT2D eigenvalue weighted by molar-refractivity contribution is 0.0506. The van der Waals surface area contributed by atoms with Gasteiger partial charge in [0.05, 0.1) is 5.39 Å². The third-order valence-corrected chi connectivity index (χ3v) is 3.01. The zero-order chi connectivity index (χ0) is 14.9. The van der Waals surface area contributed by atoms with Gasteiger partial charge in [-0.15, -0.1) is 0 Å². The fourth-order valence-electron chi connectivity index (χ4n) is 1.95. The topological polar surface area (TPSA) is 86.0 Å². The number of ether oxygens (including phenoxy) is 2. The van der Waals surface area contributed by atoms with Crippen LogP contribution in [0.4, 0.5) is 0 Å². The Labute approximate surface area is 114 Å². The van der Waals surface area contributed by atoms with Crippen molar-refractivity contribution in [2.45, 2.75) is 13.8 Å². The maximum atomic E-state index is 12.1. The minimum Gasteiger partial charge on any atom is -0.475 e. The normalized spacial score (nSPS) is 10.8. The Morgan fingerprint density at radius 3 is 2.60 bits per heavy atom. The van der Waals surface area contributed by atoms with Gasteiger partial charge in [0.25, 0.3) is 0 Å². The van der Waals surface area contributed by atoms with Crippen molar-refractivity contribution in [3.8, 4) is 5.75 Å². The minimum atomic E-state index is -1.27. The van der Waals surface area contributed by atoms with Crippen LogP contribution >= 0.6 is 0 Å². The molecular formula is C14H14O6. The van der Waals surface area contributed by atoms with E-state index in [2.05, 4.69) is 0 Å². The van der Waals surface area contributed by atoms with Crippen LogP contribution in [0.1, 0.15) is 21.7 Å². The summed E-state index contributed by atoms with van der Waals surface area (Å²) in [5.74, 6) is -1.15. The first-order valence-corrected chi connectivity index (χ1v) is 5.89. The molecule has 6 heteroatoms. The number of aryl methyl sites for hydroxylation is 1. The van der Waals surface area contributed by atoms with Crippen LogP contribution in [0, 0.1) is 13.8 Å². The second kappa shape index (κ2) is 5.34. The van der Waals surface area contributed by atoms with Crippen LogP contribution in [0.2, 0.25) is 0 Å². The van der Waals surface area contributed by atoms with E-state index in [-0.39, 0.29) is 29.1 Å². The van der Waals surface area contributed by atoms with E-state index in [0.29, 0.717) is 16.7 Å². The Kier molecular flexibility index (Phi) is 3.76. The van der Waals surface area contributed by atoms with Crippen LogP contribution in [-0.2, 0) is 4.74 Å². The third-order valence-electron chi connectivity index (χ3n) is 3.01. The smallest absolute Gasteiger partial charge is 0.372 e. The van der Waals surface area contributed by atoms with E-state index in [1.165, 1.54) is 14.0 Å². The van der Waals surface area contributed by atoms with E-state index in [9.17, 15) is 9.59 Å². The summed E-state index contributed by atoms with van der Waals surface area (Å²) in [6.45, 7) is 3.17. The molecule has 6 nitrogen and oxygen atoms in total. The summed E-state index contributed by atoms with van der Waals surface area (Å²) in [5, 5.41) is 9.40. The quantitative estimate of drug-likeness (QED) is 0.862. The average molecular weight is 278 g/mol. The highest BCUT2D eigenvalue weighted by atomic mass is 16.7. The molecule has 1 aromatic heterocycles. The number of hydrogen-bond acceptors (Lipinski definition) is 5. The van der Waals surface area contributed by atoms with Crippen LogP contribution < -0.4 is 10.2 Å². The molecule has 2 rings (SSSR count). The third kappa shape index (κ3) is 2.25. The van der Waals surface area contributed by atoms with Crippen LogP contribution in [0.3, 0.4) is 0 Å². The molecule has 0 bridgehead atoms. The molecule has 0 fully saturated rings. The predicted molar refractivity (Wildman–Crippen MR) is 71.4 cm³/mol. The van der Waals surface area contributed by atoms with E-state index in [1.807, 2.05) is 0 Å². The van der Waals surface area contributed by atoms with Gasteiger partial charge < -0.3 is 19.0 Å². The number of carbonyl (C=O) groups is 1. The molecule has 0 spiro atoms. The van der Waals surface area contributed by atoms with Crippen molar-refractivity contribution >= 4 is 16.9 Å². The second-order valence-corrected chi connectivity index (χ2v) is 4.31. The van der Waals surface area contributed by atoms with Gasteiger partial charge >= 0.3 is 5.97 Å². The summed E-state index contributed by atoms with van der Waals surface area (Å²) >= 11 is 0. The Balaban J connectivity index is 2.74. The van der Waals surface area contributed by atoms with E-state index in [4.69, 9.17) is 19.0 Å². The first-order valence-electron chi connectivity index (χ1n) is 5.89. The van der Waals surface area contributed by atoms with Crippen molar-refractivity contribution < 1.29 is 23.8 Å². The largest absolute Gasteiger partial charge is 0.475 e. The lowest BCUT2D eigenvalue weighted by Crippen LogP contribution is -2.13. The van der Waals surface area contributed by atoms with Crippen molar-refractivity contribution in [2.24, 2.45) is 0 Å². The molecule has 0 atom stereocenters. The molecule has 106 valence electrons. The van der Waals surface area contributed by atoms with Crippen LogP contribution in [0.5, 0.6) is 5.75 Å². The van der Waals surface area contributed by atoms with E-state index in [0.717, 1.165) is 0 Å². The first-order chi connectivity index (χ1) is 9.47. The van der Waals surface area contributed by atoms with Gasteiger partial charge in [-0.25, -0.2) is 4.79 Å². The second-order valence-electron chi connectivity index (χ2n) is 4.31. The van der Waals surface area contributed by atoms with Crippen LogP contribution in [0.15, 0.2) is 21.3 Å². The SMILES string of the molecule is COCOc1ccc2c(=O)c(C)c(C(=O)O)oc2c1C. The summed E-state index contributed by atoms with van der Waals surface area (Å²) in [4.78, 5) is 23.2. The highest BCUT2D eigenvalue weighted by molar-refractivity contribution is 5.90. The number of hydrogen-bond donors (Lipinski definition) is 1. The Morgan fingerprint density at radius 1 is 1.30 bits per heavy atom. The van der Waals surface area contributed by atoms with E-state index >= 15 is 0 Å². The molecule has 0 aliphatic carbocycles. The molecule has 0 saturated heterocycles. The molecule has 0 saturated carbocycles. The van der Waals surface area contributed by atoms with Crippen molar-refractivity contribution in [1.82, 2.24) is 0 Å². The Bertz CT molecular complexity index is 729. The summed E-state index contributed by atoms with van der Waals surface area (Å²) < 4.78 is 15.5. The van der Waals surface area contributed by atoms with Crippen molar-refractivity contribution in [3.05, 3.63) is 39.2 Å². The molecule has 1 aromatic carbocycles. The van der Waals surface area contributed by atoms with Crippen molar-refractivity contribution in [3.63, 3.8) is 0 Å². The lowest BCUT2D eigenvalue weighted by atomic mass is 10.1. The van der Waals surface area contributed by atoms with Gasteiger partial charge in [0.2, 0.25) is 5.76 Å². The predicted octanol–water partition coefficient (Wildman–Crippen LogP) is 2.09. The minimum absolute atomic E-state index is 0.0498. The highest BCUT2D eigenvalue weighted by Gasteiger charge is 2.18. The Hall–Kier alpha value is -2.34. The Morgan fingerprint density at radius 2 is 2.00 bits per heavy atom. The zero-order valence-corrected chi connectivity index (χ0v) is 11.4. The molecule has 1 N–H and O–H groups in total. The van der Waals surface area contributed by atoms with Gasteiger partial charge in [0.1, 0.15) is 11.3 Å². The lowest BCUT2D eigenvalue weighted by Gasteiger charge is -2.10. The van der Waals surface area contributed by atoms with Gasteiger partial charge in [-0.2, -0.15) is 0 Å². The standard InChI is InChI=1S/C14H14O6/c1-7-10(19-6-18-3)5-4-9-11(15)8(2)13(14(16)17)20-12(7)9/h4-5H,6H2,1-3H3,(H,16,17). The maximum absolute atomic E-state index is 12.1. The molecule has 2 aromatic rings. The monoisotopic (exact) mass is 278 g/mol.